The van der Waals surface area contributed by atoms with E-state index in [1.807, 2.05) is 10.3 Å². The Bertz CT molecular complexity index is 1180. The quantitative estimate of drug-likeness (QED) is 0.122. The first-order valence-corrected chi connectivity index (χ1v) is 10.7. The Labute approximate surface area is 233 Å². The number of hydrogen-bond donors (Lipinski definition) is 0. The van der Waals surface area contributed by atoms with Crippen molar-refractivity contribution < 1.29 is 90.5 Å². The Morgan fingerprint density at radius 1 is 0.710 bits per heavy atom. The first-order chi connectivity index (χ1) is 13.1. The molecule has 2 N–H and O–H groups in total. The first kappa shape index (κ1) is 32.7. The molecule has 0 radical (unpaired) electrons. The maximum atomic E-state index is 11.6. The molecule has 0 aliphatic carbocycles. The minimum atomic E-state index is -4.94. The van der Waals surface area contributed by atoms with Gasteiger partial charge in [0.2, 0.25) is 0 Å². The van der Waals surface area contributed by atoms with Crippen LogP contribution in [-0.4, -0.2) is 41.7 Å². The molecule has 0 aliphatic heterocycles. The van der Waals surface area contributed by atoms with Gasteiger partial charge < -0.3 is 14.6 Å². The van der Waals surface area contributed by atoms with Gasteiger partial charge in [-0.25, -0.2) is 16.8 Å². The van der Waals surface area contributed by atoms with Crippen LogP contribution in [0.2, 0.25) is 0 Å². The van der Waals surface area contributed by atoms with Gasteiger partial charge in [-0.05, 0) is 36.6 Å². The van der Waals surface area contributed by atoms with Gasteiger partial charge in [-0.1, -0.05) is 36.4 Å². The maximum absolute atomic E-state index is 11.6. The van der Waals surface area contributed by atoms with Crippen LogP contribution >= 0.6 is 24.4 Å². The first-order valence-electron chi connectivity index (χ1n) is 7.12. The van der Waals surface area contributed by atoms with Crippen molar-refractivity contribution in [1.29, 1.82) is 0 Å². The van der Waals surface area contributed by atoms with E-state index in [2.05, 4.69) is 34.4 Å². The zero-order chi connectivity index (χ0) is 20.9. The van der Waals surface area contributed by atoms with Crippen molar-refractivity contribution in [3.8, 4) is 0 Å². The van der Waals surface area contributed by atoms with E-state index < -0.39 is 30.0 Å². The molecule has 0 aromatic heterocycles. The number of aliphatic imine (C=N–C) groups is 2. The zero-order valence-electron chi connectivity index (χ0n) is 16.1. The Morgan fingerprint density at radius 3 is 1.26 bits per heavy atom. The molecule has 0 aliphatic rings. The number of nitrogens with zero attached hydrogens (tertiary/aromatic N) is 2. The van der Waals surface area contributed by atoms with Gasteiger partial charge in [0, 0.05) is 11.1 Å². The molecular formula is C16H10N2Na2O7S4. The van der Waals surface area contributed by atoms with Gasteiger partial charge in [0.15, 0.2) is 0 Å². The fraction of sp³-hybridized carbons (Fsp3) is 0. The second-order valence-corrected chi connectivity index (χ2v) is 8.07. The van der Waals surface area contributed by atoms with E-state index >= 15 is 0 Å². The molecule has 0 atom stereocenters. The molecule has 0 saturated heterocycles. The summed E-state index contributed by atoms with van der Waals surface area (Å²) in [5.74, 6) is 0. The van der Waals surface area contributed by atoms with E-state index in [1.54, 1.807) is 0 Å². The average Bonchev–Trinajstić information content (AvgIpc) is 2.63. The van der Waals surface area contributed by atoms with Crippen LogP contribution in [0.3, 0.4) is 0 Å². The topological polar surface area (TPSA) is 171 Å². The predicted octanol–water partition coefficient (Wildman–Crippen LogP) is -4.29. The van der Waals surface area contributed by atoms with E-state index in [0.29, 0.717) is 0 Å². The second kappa shape index (κ2) is 14.0. The van der Waals surface area contributed by atoms with Crippen LogP contribution in [-0.2, 0) is 20.2 Å². The normalized spacial score (nSPS) is 11.2. The predicted molar refractivity (Wildman–Crippen MR) is 109 cm³/mol. The van der Waals surface area contributed by atoms with E-state index in [1.165, 1.54) is 36.4 Å². The van der Waals surface area contributed by atoms with Gasteiger partial charge in [-0.15, -0.1) is 0 Å². The monoisotopic (exact) mass is 516 g/mol. The third kappa shape index (κ3) is 8.45. The van der Waals surface area contributed by atoms with Gasteiger partial charge in [0.05, 0.1) is 20.1 Å². The smallest absolute Gasteiger partial charge is 0.744 e. The van der Waals surface area contributed by atoms with E-state index in [0.717, 1.165) is 12.1 Å². The van der Waals surface area contributed by atoms with Crippen molar-refractivity contribution in [3.05, 3.63) is 59.7 Å². The number of benzene rings is 2. The molecule has 0 saturated carbocycles. The van der Waals surface area contributed by atoms with Crippen molar-refractivity contribution in [2.24, 2.45) is 9.98 Å². The molecule has 0 fully saturated rings. The summed E-state index contributed by atoms with van der Waals surface area (Å²) < 4.78 is 69.8. The molecule has 9 nitrogen and oxygen atoms in total. The summed E-state index contributed by atoms with van der Waals surface area (Å²) in [4.78, 5) is 6.19. The van der Waals surface area contributed by atoms with Gasteiger partial charge in [0.25, 0.3) is 0 Å². The van der Waals surface area contributed by atoms with Gasteiger partial charge in [0.1, 0.15) is 31.6 Å². The summed E-state index contributed by atoms with van der Waals surface area (Å²) >= 11 is 9.16. The molecule has 2 aromatic rings. The summed E-state index contributed by atoms with van der Waals surface area (Å²) in [6.45, 7) is 0. The molecule has 0 spiro atoms. The summed E-state index contributed by atoms with van der Waals surface area (Å²) in [5, 5.41) is 4.03. The largest absolute Gasteiger partial charge is 1.00 e. The molecule has 0 bridgehead atoms. The summed E-state index contributed by atoms with van der Waals surface area (Å²) in [6, 6.07) is 10.00. The van der Waals surface area contributed by atoms with Gasteiger partial charge in [-0.2, -0.15) is 9.98 Å². The minimum Gasteiger partial charge on any atom is -0.744 e. The molecule has 2 rings (SSSR count). The number of thiocarbonyl (C=S) groups is 2. The fourth-order valence-electron chi connectivity index (χ4n) is 2.33. The Morgan fingerprint density at radius 2 is 1.00 bits per heavy atom. The molecule has 152 valence electrons. The van der Waals surface area contributed by atoms with Crippen molar-refractivity contribution >= 4 is 66.4 Å². The van der Waals surface area contributed by atoms with Crippen molar-refractivity contribution in [2.75, 3.05) is 0 Å². The van der Waals surface area contributed by atoms with E-state index in [9.17, 15) is 25.9 Å². The zero-order valence-corrected chi connectivity index (χ0v) is 23.4. The molecular weight excluding hydrogens is 506 g/mol. The standard InChI is InChI=1S/C16H10N2O6S4.2Na.H2O/c19-27(20,21)13-7-3-1-5-11(13)15(17-9-25)16(18-10-26)12-6-2-4-8-14(12)28(22,23)24;;;/h1-8H,(H,19,20,21)(H,22,23,24);;;1H2/q;2*+1;/p-2. The van der Waals surface area contributed by atoms with Crippen LogP contribution in [0.1, 0.15) is 11.1 Å². The van der Waals surface area contributed by atoms with Gasteiger partial charge >= 0.3 is 59.1 Å². The third-order valence-corrected chi connectivity index (χ3v) is 5.33. The van der Waals surface area contributed by atoms with Crippen LogP contribution in [0.4, 0.5) is 0 Å². The minimum absolute atomic E-state index is 0. The Balaban J connectivity index is 0. The molecule has 2 aromatic carbocycles. The maximum Gasteiger partial charge on any atom is 1.00 e. The number of isothiocyanates is 2. The number of rotatable bonds is 6. The van der Waals surface area contributed by atoms with Crippen molar-refractivity contribution in [3.63, 3.8) is 0 Å². The van der Waals surface area contributed by atoms with Gasteiger partial charge in [-0.3, -0.25) is 0 Å². The molecule has 15 heteroatoms. The van der Waals surface area contributed by atoms with E-state index in [-0.39, 0.29) is 87.1 Å². The average molecular weight is 517 g/mol. The summed E-state index contributed by atoms with van der Waals surface area (Å²) in [6.07, 6.45) is 0. The fourth-order valence-corrected chi connectivity index (χ4v) is 3.87. The molecule has 31 heavy (non-hydrogen) atoms. The van der Waals surface area contributed by atoms with Crippen LogP contribution in [0, 0.1) is 0 Å². The summed E-state index contributed by atoms with van der Waals surface area (Å²) in [5.41, 5.74) is -1.09. The Kier molecular flexibility index (Phi) is 14.7. The van der Waals surface area contributed by atoms with Crippen molar-refractivity contribution in [1.82, 2.24) is 0 Å². The second-order valence-electron chi connectivity index (χ2n) is 5.00. The third-order valence-electron chi connectivity index (χ3n) is 3.36. The Hall–Kier alpha value is -0.440. The number of hydrogen-bond acceptors (Lipinski definition) is 10. The van der Waals surface area contributed by atoms with Crippen LogP contribution in [0.15, 0.2) is 68.3 Å². The SMILES string of the molecule is O.O=S(=O)([O-])c1ccccc1C(N=C=S)=C(N=C=S)c1ccccc1S(=O)(=O)[O-].[Na+].[Na+]. The van der Waals surface area contributed by atoms with E-state index in [4.69, 9.17) is 0 Å². The van der Waals surface area contributed by atoms with Crippen LogP contribution in [0.5, 0.6) is 0 Å². The van der Waals surface area contributed by atoms with Crippen LogP contribution < -0.4 is 59.1 Å². The van der Waals surface area contributed by atoms with Crippen molar-refractivity contribution in [2.45, 2.75) is 9.79 Å². The summed E-state index contributed by atoms with van der Waals surface area (Å²) in [7, 11) is -9.88. The molecule has 0 amide bonds. The molecule has 0 unspecified atom stereocenters. The molecule has 0 heterocycles. The van der Waals surface area contributed by atoms with Crippen LogP contribution in [0.25, 0.3) is 11.4 Å².